The van der Waals surface area contributed by atoms with E-state index in [2.05, 4.69) is 0 Å². The number of benzene rings is 1. The molecule has 21 heavy (non-hydrogen) atoms. The first-order valence-electron chi connectivity index (χ1n) is 6.98. The van der Waals surface area contributed by atoms with Crippen LogP contribution in [0.3, 0.4) is 0 Å². The predicted molar refractivity (Wildman–Crippen MR) is 74.8 cm³/mol. The van der Waals surface area contributed by atoms with Crippen LogP contribution in [-0.4, -0.2) is 18.6 Å². The zero-order chi connectivity index (χ0) is 15.6. The van der Waals surface area contributed by atoms with Crippen molar-refractivity contribution in [2.75, 3.05) is 11.4 Å². The molecule has 1 aliphatic rings. The number of nitrogens with two attached hydrogens (primary N) is 1. The molecule has 0 saturated carbocycles. The lowest BCUT2D eigenvalue weighted by molar-refractivity contribution is -0.137. The molecule has 0 spiro atoms. The van der Waals surface area contributed by atoms with Gasteiger partial charge in [-0.1, -0.05) is 0 Å². The highest BCUT2D eigenvalue weighted by Gasteiger charge is 2.34. The number of anilines is 1. The fraction of sp³-hybridized carbons (Fsp3) is 0.533. The van der Waals surface area contributed by atoms with Crippen LogP contribution in [0.25, 0.3) is 0 Å². The summed E-state index contributed by atoms with van der Waals surface area (Å²) in [6.45, 7) is 2.65. The van der Waals surface area contributed by atoms with E-state index in [0.717, 1.165) is 31.9 Å². The summed E-state index contributed by atoms with van der Waals surface area (Å²) in [5.41, 5.74) is 5.39. The average molecular weight is 297 g/mol. The molecule has 114 valence electrons. The van der Waals surface area contributed by atoms with Crippen molar-refractivity contribution in [3.8, 4) is 6.07 Å². The molecule has 2 unspecified atom stereocenters. The minimum atomic E-state index is -4.51. The van der Waals surface area contributed by atoms with E-state index in [1.165, 1.54) is 12.1 Å². The second kappa shape index (κ2) is 5.94. The van der Waals surface area contributed by atoms with E-state index >= 15 is 0 Å². The normalized spacial score (nSPS) is 21.0. The highest BCUT2D eigenvalue weighted by molar-refractivity contribution is 5.56. The lowest BCUT2D eigenvalue weighted by Crippen LogP contribution is -2.49. The first-order chi connectivity index (χ1) is 9.84. The van der Waals surface area contributed by atoms with E-state index in [1.54, 1.807) is 6.07 Å². The first kappa shape index (κ1) is 15.6. The van der Waals surface area contributed by atoms with E-state index in [1.807, 2.05) is 11.8 Å². The summed E-state index contributed by atoms with van der Waals surface area (Å²) in [5, 5.41) is 8.99. The summed E-state index contributed by atoms with van der Waals surface area (Å²) in [5.74, 6) is 0. The maximum atomic E-state index is 12.8. The minimum Gasteiger partial charge on any atom is -0.367 e. The Bertz CT molecular complexity index is 546. The van der Waals surface area contributed by atoms with Crippen LogP contribution in [0.5, 0.6) is 0 Å². The molecule has 0 aromatic heterocycles. The SMILES string of the molecule is CC(N)C1CCCCN1c1ccc(C(F)(F)F)c(C#N)c1. The van der Waals surface area contributed by atoms with Gasteiger partial charge in [-0.15, -0.1) is 0 Å². The average Bonchev–Trinajstić information content (AvgIpc) is 2.45. The van der Waals surface area contributed by atoms with Crippen molar-refractivity contribution < 1.29 is 13.2 Å². The Morgan fingerprint density at radius 2 is 2.10 bits per heavy atom. The van der Waals surface area contributed by atoms with Gasteiger partial charge >= 0.3 is 6.18 Å². The van der Waals surface area contributed by atoms with E-state index in [-0.39, 0.29) is 17.6 Å². The first-order valence-corrected chi connectivity index (χ1v) is 6.98. The van der Waals surface area contributed by atoms with Gasteiger partial charge in [0.25, 0.3) is 0 Å². The van der Waals surface area contributed by atoms with Crippen LogP contribution in [-0.2, 0) is 6.18 Å². The number of piperidine rings is 1. The Labute approximate surface area is 122 Å². The largest absolute Gasteiger partial charge is 0.417 e. The topological polar surface area (TPSA) is 53.0 Å². The molecular weight excluding hydrogens is 279 g/mol. The Morgan fingerprint density at radius 3 is 2.67 bits per heavy atom. The number of alkyl halides is 3. The Kier molecular flexibility index (Phi) is 4.43. The van der Waals surface area contributed by atoms with E-state index in [0.29, 0.717) is 5.69 Å². The summed E-state index contributed by atoms with van der Waals surface area (Å²) < 4.78 is 38.5. The summed E-state index contributed by atoms with van der Waals surface area (Å²) in [6.07, 6.45) is -1.55. The molecule has 0 amide bonds. The molecule has 1 saturated heterocycles. The molecule has 3 nitrogen and oxygen atoms in total. The highest BCUT2D eigenvalue weighted by Crippen LogP contribution is 2.35. The van der Waals surface area contributed by atoms with E-state index < -0.39 is 11.7 Å². The maximum absolute atomic E-state index is 12.8. The van der Waals surface area contributed by atoms with E-state index in [9.17, 15) is 13.2 Å². The number of nitrogens with zero attached hydrogens (tertiary/aromatic N) is 2. The number of rotatable bonds is 2. The summed E-state index contributed by atoms with van der Waals surface area (Å²) in [6, 6.07) is 5.42. The Balaban J connectivity index is 2.38. The number of hydrogen-bond donors (Lipinski definition) is 1. The second-order valence-corrected chi connectivity index (χ2v) is 5.46. The molecule has 2 rings (SSSR count). The standard InChI is InChI=1S/C15H18F3N3/c1-10(20)14-4-2-3-7-21(14)12-5-6-13(15(16,17)18)11(8-12)9-19/h5-6,8,10,14H,2-4,7,20H2,1H3. The van der Waals surface area contributed by atoms with Crippen molar-refractivity contribution in [2.45, 2.75) is 44.4 Å². The van der Waals surface area contributed by atoms with Crippen molar-refractivity contribution in [2.24, 2.45) is 5.73 Å². The number of nitriles is 1. The third-order valence-electron chi connectivity index (χ3n) is 3.92. The lowest BCUT2D eigenvalue weighted by Gasteiger charge is -2.40. The molecule has 1 aromatic rings. The third-order valence-corrected chi connectivity index (χ3v) is 3.92. The van der Waals surface area contributed by atoms with Crippen LogP contribution in [0.2, 0.25) is 0 Å². The van der Waals surface area contributed by atoms with E-state index in [4.69, 9.17) is 11.0 Å². The van der Waals surface area contributed by atoms with Gasteiger partial charge in [-0.2, -0.15) is 18.4 Å². The molecule has 2 N–H and O–H groups in total. The van der Waals surface area contributed by atoms with Crippen LogP contribution in [0, 0.1) is 11.3 Å². The maximum Gasteiger partial charge on any atom is 0.417 e. The van der Waals surface area contributed by atoms with Crippen LogP contribution >= 0.6 is 0 Å². The molecule has 0 radical (unpaired) electrons. The minimum absolute atomic E-state index is 0.0712. The predicted octanol–water partition coefficient (Wildman–Crippen LogP) is 3.28. The Hall–Kier alpha value is -1.74. The summed E-state index contributed by atoms with van der Waals surface area (Å²) >= 11 is 0. The molecular formula is C15H18F3N3. The van der Waals surface area contributed by atoms with Gasteiger partial charge in [0.05, 0.1) is 17.2 Å². The van der Waals surface area contributed by atoms with Gasteiger partial charge in [0.15, 0.2) is 0 Å². The van der Waals surface area contributed by atoms with Gasteiger partial charge < -0.3 is 10.6 Å². The van der Waals surface area contributed by atoms with Gasteiger partial charge in [-0.05, 0) is 44.4 Å². The van der Waals surface area contributed by atoms with Gasteiger partial charge in [-0.25, -0.2) is 0 Å². The van der Waals surface area contributed by atoms with Crippen LogP contribution in [0.1, 0.15) is 37.3 Å². The quantitative estimate of drug-likeness (QED) is 0.911. The Morgan fingerprint density at radius 1 is 1.38 bits per heavy atom. The van der Waals surface area contributed by atoms with Crippen LogP contribution in [0.15, 0.2) is 18.2 Å². The molecule has 1 fully saturated rings. The molecule has 1 aromatic carbocycles. The van der Waals surface area contributed by atoms with Crippen molar-refractivity contribution in [3.63, 3.8) is 0 Å². The zero-order valence-electron chi connectivity index (χ0n) is 11.8. The van der Waals surface area contributed by atoms with Gasteiger partial charge in [0.2, 0.25) is 0 Å². The van der Waals surface area contributed by atoms with Gasteiger partial charge in [0.1, 0.15) is 0 Å². The fourth-order valence-electron chi connectivity index (χ4n) is 2.88. The van der Waals surface area contributed by atoms with Crippen molar-refractivity contribution in [1.82, 2.24) is 0 Å². The monoisotopic (exact) mass is 297 g/mol. The lowest BCUT2D eigenvalue weighted by atomic mass is 9.95. The molecule has 1 aliphatic heterocycles. The van der Waals surface area contributed by atoms with Crippen molar-refractivity contribution >= 4 is 5.69 Å². The number of hydrogen-bond acceptors (Lipinski definition) is 3. The number of halogens is 3. The van der Waals surface area contributed by atoms with Crippen molar-refractivity contribution in [1.29, 1.82) is 5.26 Å². The summed E-state index contributed by atoms with van der Waals surface area (Å²) in [4.78, 5) is 2.02. The van der Waals surface area contributed by atoms with Gasteiger partial charge in [0, 0.05) is 24.3 Å². The fourth-order valence-corrected chi connectivity index (χ4v) is 2.88. The van der Waals surface area contributed by atoms with Gasteiger partial charge in [-0.3, -0.25) is 0 Å². The molecule has 0 aliphatic carbocycles. The van der Waals surface area contributed by atoms with Crippen LogP contribution < -0.4 is 10.6 Å². The smallest absolute Gasteiger partial charge is 0.367 e. The molecule has 2 atom stereocenters. The zero-order valence-corrected chi connectivity index (χ0v) is 11.8. The molecule has 0 bridgehead atoms. The third kappa shape index (κ3) is 3.30. The molecule has 1 heterocycles. The second-order valence-electron chi connectivity index (χ2n) is 5.46. The highest BCUT2D eigenvalue weighted by atomic mass is 19.4. The summed E-state index contributed by atoms with van der Waals surface area (Å²) in [7, 11) is 0. The van der Waals surface area contributed by atoms with Crippen molar-refractivity contribution in [3.05, 3.63) is 29.3 Å². The van der Waals surface area contributed by atoms with Crippen LogP contribution in [0.4, 0.5) is 18.9 Å². The molecule has 6 heteroatoms.